The molecule has 0 aromatic rings. The number of aliphatic hydroxyl groups excluding tert-OH is 1. The third kappa shape index (κ3) is 1.51. The van der Waals surface area contributed by atoms with Gasteiger partial charge in [-0.3, -0.25) is 4.79 Å². The Morgan fingerprint density at radius 2 is 2.25 bits per heavy atom. The highest BCUT2D eigenvalue weighted by Gasteiger charge is 2.00. The lowest BCUT2D eigenvalue weighted by molar-refractivity contribution is -0.113. The summed E-state index contributed by atoms with van der Waals surface area (Å²) in [6.45, 7) is 1.14. The van der Waals surface area contributed by atoms with E-state index in [2.05, 4.69) is 5.18 Å². The number of carbonyl (C=O) groups is 1. The Balaban J connectivity index is 4.13. The van der Waals surface area contributed by atoms with Crippen molar-refractivity contribution >= 4 is 5.78 Å². The highest BCUT2D eigenvalue weighted by Crippen LogP contribution is 1.93. The zero-order chi connectivity index (χ0) is 6.57. The Kier molecular flexibility index (Phi) is 2.47. The molecular formula is C4H5NO3. The monoisotopic (exact) mass is 115 g/mol. The summed E-state index contributed by atoms with van der Waals surface area (Å²) in [5.74, 6) is -0.539. The van der Waals surface area contributed by atoms with Crippen molar-refractivity contribution in [3.8, 4) is 0 Å². The lowest BCUT2D eigenvalue weighted by atomic mass is 10.4. The minimum absolute atomic E-state index is 0.384. The van der Waals surface area contributed by atoms with Crippen molar-refractivity contribution in [1.82, 2.24) is 0 Å². The fourth-order valence-corrected chi connectivity index (χ4v) is 0.179. The maximum Gasteiger partial charge on any atom is 0.184 e. The van der Waals surface area contributed by atoms with E-state index < -0.39 is 11.5 Å². The molecule has 0 unspecified atom stereocenters. The SMILES string of the molecule is CC(=O)/C(=C/O)N=O. The van der Waals surface area contributed by atoms with Crippen LogP contribution >= 0.6 is 0 Å². The molecule has 0 aliphatic heterocycles. The highest BCUT2D eigenvalue weighted by atomic mass is 16.3. The van der Waals surface area contributed by atoms with E-state index in [0.717, 1.165) is 6.92 Å². The van der Waals surface area contributed by atoms with Crippen LogP contribution in [0.1, 0.15) is 6.92 Å². The molecular weight excluding hydrogens is 110 g/mol. The van der Waals surface area contributed by atoms with Gasteiger partial charge < -0.3 is 5.11 Å². The van der Waals surface area contributed by atoms with Crippen LogP contribution in [0.25, 0.3) is 0 Å². The number of rotatable bonds is 2. The van der Waals surface area contributed by atoms with Crippen molar-refractivity contribution in [1.29, 1.82) is 0 Å². The minimum Gasteiger partial charge on any atom is -0.513 e. The van der Waals surface area contributed by atoms with Gasteiger partial charge >= 0.3 is 0 Å². The lowest BCUT2D eigenvalue weighted by Gasteiger charge is -1.81. The first-order valence-electron chi connectivity index (χ1n) is 1.91. The summed E-state index contributed by atoms with van der Waals surface area (Å²) in [5.41, 5.74) is -0.454. The Morgan fingerprint density at radius 3 is 2.25 bits per heavy atom. The van der Waals surface area contributed by atoms with E-state index in [1.807, 2.05) is 0 Å². The second-order valence-corrected chi connectivity index (χ2v) is 1.16. The zero-order valence-corrected chi connectivity index (χ0v) is 4.29. The van der Waals surface area contributed by atoms with Gasteiger partial charge in [-0.1, -0.05) is 0 Å². The first-order valence-corrected chi connectivity index (χ1v) is 1.91. The molecule has 0 bridgehead atoms. The summed E-state index contributed by atoms with van der Waals surface area (Å²) in [7, 11) is 0. The largest absolute Gasteiger partial charge is 0.513 e. The second kappa shape index (κ2) is 2.90. The average molecular weight is 115 g/mol. The van der Waals surface area contributed by atoms with Gasteiger partial charge in [0.15, 0.2) is 11.5 Å². The van der Waals surface area contributed by atoms with E-state index in [1.54, 1.807) is 0 Å². The number of allylic oxidation sites excluding steroid dienone is 1. The van der Waals surface area contributed by atoms with Gasteiger partial charge in [0.25, 0.3) is 0 Å². The normalized spacial score (nSPS) is 10.9. The van der Waals surface area contributed by atoms with Gasteiger partial charge in [-0.15, -0.1) is 4.91 Å². The van der Waals surface area contributed by atoms with Gasteiger partial charge in [-0.25, -0.2) is 0 Å². The van der Waals surface area contributed by atoms with Crippen LogP contribution in [-0.4, -0.2) is 10.9 Å². The van der Waals surface area contributed by atoms with E-state index in [0.29, 0.717) is 6.26 Å². The summed E-state index contributed by atoms with van der Waals surface area (Å²) >= 11 is 0. The molecule has 4 heteroatoms. The molecule has 0 atom stereocenters. The van der Waals surface area contributed by atoms with Crippen LogP contribution in [0.5, 0.6) is 0 Å². The van der Waals surface area contributed by atoms with Crippen molar-refractivity contribution in [2.75, 3.05) is 0 Å². The highest BCUT2D eigenvalue weighted by molar-refractivity contribution is 5.92. The summed E-state index contributed by atoms with van der Waals surface area (Å²) in [6.07, 6.45) is 0.384. The van der Waals surface area contributed by atoms with Gasteiger partial charge in [0.2, 0.25) is 0 Å². The first-order chi connectivity index (χ1) is 3.72. The topological polar surface area (TPSA) is 66.7 Å². The number of ketones is 1. The summed E-state index contributed by atoms with van der Waals surface area (Å²) in [4.78, 5) is 19.6. The Bertz CT molecular complexity index is 138. The molecule has 0 saturated heterocycles. The predicted octanol–water partition coefficient (Wildman–Crippen LogP) is 0.741. The van der Waals surface area contributed by atoms with E-state index in [-0.39, 0.29) is 0 Å². The van der Waals surface area contributed by atoms with Crippen LogP contribution in [-0.2, 0) is 4.79 Å². The number of hydrogen-bond acceptors (Lipinski definition) is 4. The molecule has 4 nitrogen and oxygen atoms in total. The molecule has 0 radical (unpaired) electrons. The van der Waals surface area contributed by atoms with E-state index >= 15 is 0 Å². The molecule has 0 rings (SSSR count). The molecule has 0 saturated carbocycles. The summed E-state index contributed by atoms with van der Waals surface area (Å²) < 4.78 is 0. The quantitative estimate of drug-likeness (QED) is 0.328. The summed E-state index contributed by atoms with van der Waals surface area (Å²) in [6, 6.07) is 0. The maximum atomic E-state index is 10.1. The molecule has 44 valence electrons. The van der Waals surface area contributed by atoms with Crippen LogP contribution in [0.2, 0.25) is 0 Å². The van der Waals surface area contributed by atoms with Gasteiger partial charge in [0, 0.05) is 6.92 Å². The number of aliphatic hydroxyl groups is 1. The standard InChI is InChI=1S/C4H5NO3/c1-3(7)4(2-6)5-8/h2,6H,1H3/b4-2-. The number of nitroso groups, excluding NO2 is 1. The molecule has 0 aromatic heterocycles. The first kappa shape index (κ1) is 6.81. The molecule has 0 amide bonds. The molecule has 0 aliphatic rings. The smallest absolute Gasteiger partial charge is 0.184 e. The third-order valence-electron chi connectivity index (χ3n) is 0.581. The lowest BCUT2D eigenvalue weighted by Crippen LogP contribution is -1.91. The van der Waals surface area contributed by atoms with Crippen molar-refractivity contribution in [2.24, 2.45) is 5.18 Å². The molecule has 8 heavy (non-hydrogen) atoms. The van der Waals surface area contributed by atoms with Gasteiger partial charge in [-0.2, -0.15) is 0 Å². The molecule has 0 spiro atoms. The number of Topliss-reactive ketones (excluding diaryl/α,β-unsaturated/α-hetero) is 1. The van der Waals surface area contributed by atoms with Crippen molar-refractivity contribution in [3.63, 3.8) is 0 Å². The minimum atomic E-state index is -0.539. The molecule has 0 fully saturated rings. The van der Waals surface area contributed by atoms with Crippen LogP contribution in [0.4, 0.5) is 0 Å². The van der Waals surface area contributed by atoms with Gasteiger partial charge in [0.05, 0.1) is 0 Å². The number of nitrogens with zero attached hydrogens (tertiary/aromatic N) is 1. The average Bonchev–Trinajstić information content (AvgIpc) is 1.69. The Hall–Kier alpha value is -1.19. The fourth-order valence-electron chi connectivity index (χ4n) is 0.179. The van der Waals surface area contributed by atoms with E-state index in [9.17, 15) is 9.70 Å². The fraction of sp³-hybridized carbons (Fsp3) is 0.250. The van der Waals surface area contributed by atoms with Crippen molar-refractivity contribution in [2.45, 2.75) is 6.92 Å². The van der Waals surface area contributed by atoms with Crippen molar-refractivity contribution < 1.29 is 9.90 Å². The molecule has 0 aromatic carbocycles. The third-order valence-corrected chi connectivity index (χ3v) is 0.581. The number of hydrogen-bond donors (Lipinski definition) is 1. The van der Waals surface area contributed by atoms with E-state index in [1.165, 1.54) is 0 Å². The molecule has 0 heterocycles. The van der Waals surface area contributed by atoms with Gasteiger partial charge in [-0.05, 0) is 5.18 Å². The molecule has 0 aliphatic carbocycles. The second-order valence-electron chi connectivity index (χ2n) is 1.16. The zero-order valence-electron chi connectivity index (χ0n) is 4.29. The van der Waals surface area contributed by atoms with Crippen LogP contribution < -0.4 is 0 Å². The van der Waals surface area contributed by atoms with Crippen LogP contribution in [0.15, 0.2) is 17.1 Å². The van der Waals surface area contributed by atoms with Crippen LogP contribution in [0, 0.1) is 4.91 Å². The Labute approximate surface area is 45.8 Å². The van der Waals surface area contributed by atoms with Crippen molar-refractivity contribution in [3.05, 3.63) is 16.9 Å². The van der Waals surface area contributed by atoms with Gasteiger partial charge in [0.1, 0.15) is 6.26 Å². The number of carbonyl (C=O) groups excluding carboxylic acids is 1. The summed E-state index contributed by atoms with van der Waals surface area (Å²) in [5, 5.41) is 10.2. The van der Waals surface area contributed by atoms with E-state index in [4.69, 9.17) is 5.11 Å². The predicted molar refractivity (Wildman–Crippen MR) is 27.2 cm³/mol. The van der Waals surface area contributed by atoms with Crippen LogP contribution in [0.3, 0.4) is 0 Å². The molecule has 1 N–H and O–H groups in total. The Morgan fingerprint density at radius 1 is 1.75 bits per heavy atom. The maximum absolute atomic E-state index is 10.1.